The number of rotatable bonds is 3. The van der Waals surface area contributed by atoms with Crippen LogP contribution < -0.4 is 5.73 Å². The fourth-order valence-electron chi connectivity index (χ4n) is 4.30. The van der Waals surface area contributed by atoms with E-state index in [1.54, 1.807) is 19.9 Å². The van der Waals surface area contributed by atoms with E-state index in [1.165, 1.54) is 6.20 Å². The first-order chi connectivity index (χ1) is 14.4. The maximum Gasteiger partial charge on any atom is 0.188 e. The maximum absolute atomic E-state index is 14.1. The van der Waals surface area contributed by atoms with Crippen molar-refractivity contribution in [1.82, 2.24) is 4.98 Å². The number of pyridine rings is 1. The summed E-state index contributed by atoms with van der Waals surface area (Å²) >= 11 is 5.71. The van der Waals surface area contributed by atoms with E-state index in [0.717, 1.165) is 30.0 Å². The minimum absolute atomic E-state index is 0.0770. The molecule has 2 N–H and O–H groups in total. The van der Waals surface area contributed by atoms with Crippen molar-refractivity contribution in [2.24, 2.45) is 10.7 Å². The summed E-state index contributed by atoms with van der Waals surface area (Å²) in [6, 6.07) is 6.56. The molecule has 2 heterocycles. The number of sulfone groups is 1. The molecule has 0 bridgehead atoms. The molecule has 0 fully saturated rings. The summed E-state index contributed by atoms with van der Waals surface area (Å²) < 4.78 is 38.9. The molecule has 1 aliphatic heterocycles. The number of aromatic nitrogens is 1. The van der Waals surface area contributed by atoms with Gasteiger partial charge in [0.25, 0.3) is 0 Å². The van der Waals surface area contributed by atoms with Crippen molar-refractivity contribution in [3.63, 3.8) is 0 Å². The molecule has 2 aromatic rings. The second kappa shape index (κ2) is 7.38. The first-order valence-electron chi connectivity index (χ1n) is 10.00. The van der Waals surface area contributed by atoms with Gasteiger partial charge < -0.3 is 5.73 Å². The van der Waals surface area contributed by atoms with Gasteiger partial charge in [-0.1, -0.05) is 29.8 Å². The summed E-state index contributed by atoms with van der Waals surface area (Å²) in [4.78, 5) is 21.2. The van der Waals surface area contributed by atoms with Gasteiger partial charge in [-0.15, -0.1) is 0 Å². The molecule has 6 nitrogen and oxygen atoms in total. The lowest BCUT2D eigenvalue weighted by molar-refractivity contribution is 0.0984. The number of Topliss-reactive ketones (excluding diaryl/α,β-unsaturated/α-hetero) is 1. The Balaban J connectivity index is 1.74. The number of nitrogens with two attached hydrogens (primary N) is 1. The lowest BCUT2D eigenvalue weighted by atomic mass is 9.76. The summed E-state index contributed by atoms with van der Waals surface area (Å²) in [5.41, 5.74) is 7.29. The molecule has 164 valence electrons. The van der Waals surface area contributed by atoms with Crippen LogP contribution in [-0.4, -0.2) is 35.5 Å². The molecule has 2 aliphatic rings. The Hall–Kier alpha value is -2.32. The summed E-state index contributed by atoms with van der Waals surface area (Å²) in [5, 5.41) is 0.113. The Labute approximate surface area is 185 Å². The Morgan fingerprint density at radius 3 is 2.71 bits per heavy atom. The number of hydrogen-bond acceptors (Lipinski definition) is 6. The predicted molar refractivity (Wildman–Crippen MR) is 118 cm³/mol. The molecule has 0 amide bonds. The molecular weight excluding hydrogens is 441 g/mol. The van der Waals surface area contributed by atoms with Crippen LogP contribution in [0.4, 0.5) is 4.39 Å². The smallest absolute Gasteiger partial charge is 0.188 e. The number of fused-ring (bicyclic) bond motifs is 2. The van der Waals surface area contributed by atoms with Crippen LogP contribution in [0.25, 0.3) is 0 Å². The van der Waals surface area contributed by atoms with Gasteiger partial charge in [0.15, 0.2) is 21.4 Å². The molecule has 1 atom stereocenters. The highest BCUT2D eigenvalue weighted by molar-refractivity contribution is 7.93. The molecule has 0 saturated carbocycles. The average molecular weight is 464 g/mol. The second-order valence-electron chi connectivity index (χ2n) is 8.73. The van der Waals surface area contributed by atoms with Crippen molar-refractivity contribution in [3.05, 3.63) is 63.7 Å². The predicted octanol–water partition coefficient (Wildman–Crippen LogP) is 3.40. The van der Waals surface area contributed by atoms with Crippen LogP contribution in [-0.2, 0) is 28.2 Å². The number of carbonyl (C=O) groups is 1. The van der Waals surface area contributed by atoms with Crippen molar-refractivity contribution in [2.45, 2.75) is 49.8 Å². The van der Waals surface area contributed by atoms with Crippen molar-refractivity contribution in [3.8, 4) is 0 Å². The van der Waals surface area contributed by atoms with Gasteiger partial charge in [-0.2, -0.15) is 0 Å². The lowest BCUT2D eigenvalue weighted by Gasteiger charge is -2.43. The normalized spacial score (nSPS) is 23.8. The number of halogens is 2. The first-order valence-corrected chi connectivity index (χ1v) is 12.0. The van der Waals surface area contributed by atoms with Crippen LogP contribution in [0, 0.1) is 5.82 Å². The van der Waals surface area contributed by atoms with Crippen LogP contribution in [0.5, 0.6) is 0 Å². The van der Waals surface area contributed by atoms with E-state index in [1.807, 2.05) is 12.1 Å². The molecule has 0 unspecified atom stereocenters. The Morgan fingerprint density at radius 1 is 1.29 bits per heavy atom. The molecule has 31 heavy (non-hydrogen) atoms. The summed E-state index contributed by atoms with van der Waals surface area (Å²) in [5.74, 6) is -1.30. The quantitative estimate of drug-likeness (QED) is 0.703. The molecule has 1 aromatic carbocycles. The molecule has 0 saturated heterocycles. The topological polar surface area (TPSA) is 102 Å². The Morgan fingerprint density at radius 2 is 2.03 bits per heavy atom. The zero-order valence-electron chi connectivity index (χ0n) is 17.3. The summed E-state index contributed by atoms with van der Waals surface area (Å²) in [6.07, 6.45) is 3.29. The largest absolute Gasteiger partial charge is 0.386 e. The van der Waals surface area contributed by atoms with Crippen LogP contribution >= 0.6 is 11.6 Å². The van der Waals surface area contributed by atoms with E-state index < -0.39 is 31.7 Å². The Kier molecular flexibility index (Phi) is 5.21. The first kappa shape index (κ1) is 21.9. The zero-order valence-corrected chi connectivity index (χ0v) is 18.9. The van der Waals surface area contributed by atoms with E-state index in [9.17, 15) is 17.6 Å². The van der Waals surface area contributed by atoms with Gasteiger partial charge in [-0.05, 0) is 55.9 Å². The van der Waals surface area contributed by atoms with Crippen LogP contribution in [0.3, 0.4) is 0 Å². The fraction of sp³-hybridized carbons (Fsp3) is 0.409. The minimum atomic E-state index is -3.54. The summed E-state index contributed by atoms with van der Waals surface area (Å²) in [7, 11) is -3.54. The van der Waals surface area contributed by atoms with E-state index in [-0.39, 0.29) is 28.7 Å². The molecule has 4 rings (SSSR count). The van der Waals surface area contributed by atoms with Crippen molar-refractivity contribution < 1.29 is 17.6 Å². The van der Waals surface area contributed by atoms with Gasteiger partial charge in [0.05, 0.1) is 10.8 Å². The molecular formula is C22H23ClFN3O3S. The van der Waals surface area contributed by atoms with E-state index >= 15 is 0 Å². The van der Waals surface area contributed by atoms with Crippen LogP contribution in [0.2, 0.25) is 5.02 Å². The number of amidine groups is 1. The number of benzene rings is 1. The summed E-state index contributed by atoms with van der Waals surface area (Å²) in [6.45, 7) is 3.14. The number of carbonyl (C=O) groups excluding carboxylic acids is 1. The van der Waals surface area contributed by atoms with Gasteiger partial charge >= 0.3 is 0 Å². The van der Waals surface area contributed by atoms with Gasteiger partial charge in [0.1, 0.15) is 21.8 Å². The SMILES string of the molecule is CC1(C)C(N)=N[C@@]2(CCCc3ccc(CC(=O)c4ncc(Cl)cc4F)cc32)CS1(=O)=O. The van der Waals surface area contributed by atoms with Gasteiger partial charge in [0.2, 0.25) is 0 Å². The van der Waals surface area contributed by atoms with Gasteiger partial charge in [-0.3, -0.25) is 9.79 Å². The molecule has 0 radical (unpaired) electrons. The second-order valence-corrected chi connectivity index (χ2v) is 11.7. The van der Waals surface area contributed by atoms with Crippen molar-refractivity contribution >= 4 is 33.1 Å². The molecule has 1 aliphatic carbocycles. The maximum atomic E-state index is 14.1. The highest BCUT2D eigenvalue weighted by Crippen LogP contribution is 2.45. The van der Waals surface area contributed by atoms with Crippen molar-refractivity contribution in [1.29, 1.82) is 0 Å². The van der Waals surface area contributed by atoms with Gasteiger partial charge in [-0.25, -0.2) is 17.8 Å². The minimum Gasteiger partial charge on any atom is -0.386 e. The van der Waals surface area contributed by atoms with Crippen LogP contribution in [0.1, 0.15) is 53.9 Å². The fourth-order valence-corrected chi connectivity index (χ4v) is 6.16. The molecule has 1 aromatic heterocycles. The number of aryl methyl sites for hydroxylation is 1. The third-order valence-electron chi connectivity index (χ3n) is 6.31. The third-order valence-corrected chi connectivity index (χ3v) is 9.13. The highest BCUT2D eigenvalue weighted by Gasteiger charge is 2.51. The number of aliphatic imine (C=N–C) groups is 1. The van der Waals surface area contributed by atoms with Crippen LogP contribution in [0.15, 0.2) is 35.5 Å². The number of hydrogen-bond donors (Lipinski definition) is 1. The number of nitrogens with zero attached hydrogens (tertiary/aromatic N) is 2. The average Bonchev–Trinajstić information content (AvgIpc) is 2.67. The Bertz CT molecular complexity index is 1230. The number of ketones is 1. The standard InChI is InChI=1S/C22H23ClFN3O3S/c1-21(2)20(25)27-22(12-31(21,29)30)7-3-4-14-6-5-13(8-16(14)22)9-18(28)19-17(24)10-15(23)11-26-19/h5-6,8,10-11H,3-4,7,9,12H2,1-2H3,(H2,25,27)/t22-/m0/s1. The monoisotopic (exact) mass is 463 g/mol. The lowest BCUT2D eigenvalue weighted by Crippen LogP contribution is -2.56. The molecule has 9 heteroatoms. The van der Waals surface area contributed by atoms with Gasteiger partial charge in [0, 0.05) is 12.6 Å². The zero-order chi connectivity index (χ0) is 22.6. The van der Waals surface area contributed by atoms with E-state index in [0.29, 0.717) is 12.0 Å². The highest BCUT2D eigenvalue weighted by atomic mass is 35.5. The third kappa shape index (κ3) is 3.65. The van der Waals surface area contributed by atoms with E-state index in [4.69, 9.17) is 22.3 Å². The molecule has 1 spiro atoms. The van der Waals surface area contributed by atoms with E-state index in [2.05, 4.69) is 4.98 Å². The van der Waals surface area contributed by atoms with Crippen molar-refractivity contribution in [2.75, 3.05) is 5.75 Å².